The van der Waals surface area contributed by atoms with E-state index in [9.17, 15) is 32.7 Å². The van der Waals surface area contributed by atoms with Crippen molar-refractivity contribution in [1.82, 2.24) is 5.32 Å². The van der Waals surface area contributed by atoms with E-state index in [1.165, 1.54) is 0 Å². The van der Waals surface area contributed by atoms with Gasteiger partial charge in [0.05, 0.1) is 12.7 Å². The molecule has 0 radical (unpaired) electrons. The molecule has 0 unspecified atom stereocenters. The molecular weight excluding hydrogens is 367 g/mol. The molecule has 1 fully saturated rings. The number of benzene rings is 1. The zero-order chi connectivity index (χ0) is 20.2. The molecule has 1 saturated carbocycles. The third-order valence-electron chi connectivity index (χ3n) is 4.55. The minimum Gasteiger partial charge on any atom is -0.467 e. The number of ether oxygens (including phenoxy) is 1. The highest BCUT2D eigenvalue weighted by Crippen LogP contribution is 2.30. The minimum atomic E-state index is -4.53. The SMILES string of the molecule is COC(=O)[C@H](NC(=O)[C@@H](O)c1ccc(C(F)(F)F)cc1)[C@H]1CCCC(=O)C1. The van der Waals surface area contributed by atoms with Crippen molar-refractivity contribution in [3.63, 3.8) is 0 Å². The minimum absolute atomic E-state index is 0.0299. The van der Waals surface area contributed by atoms with E-state index in [4.69, 9.17) is 0 Å². The molecular formula is C18H20F3NO5. The first-order chi connectivity index (χ1) is 12.6. The molecule has 3 atom stereocenters. The second kappa shape index (κ2) is 8.51. The number of ketones is 1. The van der Waals surface area contributed by atoms with Crippen LogP contribution in [0.15, 0.2) is 24.3 Å². The van der Waals surface area contributed by atoms with Crippen LogP contribution in [-0.4, -0.2) is 35.9 Å². The van der Waals surface area contributed by atoms with Crippen molar-refractivity contribution in [2.24, 2.45) is 5.92 Å². The Labute approximate surface area is 153 Å². The van der Waals surface area contributed by atoms with Crippen LogP contribution in [0.3, 0.4) is 0 Å². The van der Waals surface area contributed by atoms with Crippen LogP contribution in [0.1, 0.15) is 42.9 Å². The highest BCUT2D eigenvalue weighted by Gasteiger charge is 2.36. The highest BCUT2D eigenvalue weighted by molar-refractivity contribution is 5.88. The Hall–Kier alpha value is -2.42. The number of amides is 1. The van der Waals surface area contributed by atoms with Crippen LogP contribution in [0.4, 0.5) is 13.2 Å². The molecule has 1 amide bonds. The van der Waals surface area contributed by atoms with E-state index in [0.29, 0.717) is 19.3 Å². The molecule has 1 aromatic rings. The molecule has 0 aliphatic heterocycles. The van der Waals surface area contributed by atoms with E-state index in [1.54, 1.807) is 0 Å². The molecule has 0 heterocycles. The zero-order valence-electron chi connectivity index (χ0n) is 14.6. The summed E-state index contributed by atoms with van der Waals surface area (Å²) in [4.78, 5) is 36.0. The lowest BCUT2D eigenvalue weighted by molar-refractivity contribution is -0.149. The largest absolute Gasteiger partial charge is 0.467 e. The second-order valence-corrected chi connectivity index (χ2v) is 6.43. The number of alkyl halides is 3. The van der Waals surface area contributed by atoms with Crippen LogP contribution >= 0.6 is 0 Å². The van der Waals surface area contributed by atoms with Gasteiger partial charge < -0.3 is 15.2 Å². The summed E-state index contributed by atoms with van der Waals surface area (Å²) >= 11 is 0. The van der Waals surface area contributed by atoms with Gasteiger partial charge in [0.2, 0.25) is 0 Å². The first kappa shape index (κ1) is 20.9. The highest BCUT2D eigenvalue weighted by atomic mass is 19.4. The fourth-order valence-corrected chi connectivity index (χ4v) is 3.08. The van der Waals surface area contributed by atoms with E-state index >= 15 is 0 Å². The molecule has 0 bridgehead atoms. The van der Waals surface area contributed by atoms with E-state index in [1.807, 2.05) is 0 Å². The van der Waals surface area contributed by atoms with Crippen molar-refractivity contribution in [3.05, 3.63) is 35.4 Å². The predicted octanol–water partition coefficient (Wildman–Crippen LogP) is 2.16. The van der Waals surface area contributed by atoms with Gasteiger partial charge in [-0.3, -0.25) is 9.59 Å². The number of carbonyl (C=O) groups excluding carboxylic acids is 3. The number of aliphatic hydroxyl groups excluding tert-OH is 1. The first-order valence-electron chi connectivity index (χ1n) is 8.38. The van der Waals surface area contributed by atoms with Crippen molar-refractivity contribution in [3.8, 4) is 0 Å². The van der Waals surface area contributed by atoms with Gasteiger partial charge in [0, 0.05) is 12.8 Å². The van der Waals surface area contributed by atoms with Crippen LogP contribution in [0, 0.1) is 5.92 Å². The molecule has 148 valence electrons. The van der Waals surface area contributed by atoms with Crippen molar-refractivity contribution < 1.29 is 37.4 Å². The summed E-state index contributed by atoms with van der Waals surface area (Å²) in [6.07, 6.45) is -4.67. The molecule has 6 nitrogen and oxygen atoms in total. The van der Waals surface area contributed by atoms with E-state index in [2.05, 4.69) is 10.1 Å². The monoisotopic (exact) mass is 387 g/mol. The third kappa shape index (κ3) is 5.29. The zero-order valence-corrected chi connectivity index (χ0v) is 14.6. The Morgan fingerprint density at radius 2 is 1.89 bits per heavy atom. The van der Waals surface area contributed by atoms with Gasteiger partial charge in [-0.05, 0) is 36.5 Å². The maximum Gasteiger partial charge on any atom is 0.416 e. The van der Waals surface area contributed by atoms with Gasteiger partial charge in [-0.25, -0.2) is 4.79 Å². The second-order valence-electron chi connectivity index (χ2n) is 6.43. The predicted molar refractivity (Wildman–Crippen MR) is 87.3 cm³/mol. The lowest BCUT2D eigenvalue weighted by Crippen LogP contribution is -2.49. The average Bonchev–Trinajstić information content (AvgIpc) is 2.64. The van der Waals surface area contributed by atoms with Crippen molar-refractivity contribution in [2.45, 2.75) is 44.0 Å². The lowest BCUT2D eigenvalue weighted by atomic mass is 9.83. The molecule has 0 saturated heterocycles. The van der Waals surface area contributed by atoms with Crippen LogP contribution in [-0.2, 0) is 25.3 Å². The molecule has 0 aromatic heterocycles. The summed E-state index contributed by atoms with van der Waals surface area (Å²) in [7, 11) is 1.14. The number of carbonyl (C=O) groups is 3. The molecule has 2 rings (SSSR count). The molecule has 1 aliphatic carbocycles. The van der Waals surface area contributed by atoms with Crippen molar-refractivity contribution in [1.29, 1.82) is 0 Å². The molecule has 2 N–H and O–H groups in total. The van der Waals surface area contributed by atoms with Gasteiger partial charge in [0.15, 0.2) is 6.10 Å². The molecule has 1 aromatic carbocycles. The quantitative estimate of drug-likeness (QED) is 0.756. The number of hydrogen-bond acceptors (Lipinski definition) is 5. The summed E-state index contributed by atoms with van der Waals surface area (Å²) in [5, 5.41) is 12.5. The van der Waals surface area contributed by atoms with Crippen LogP contribution < -0.4 is 5.32 Å². The molecule has 1 aliphatic rings. The van der Waals surface area contributed by atoms with Crippen LogP contribution in [0.25, 0.3) is 0 Å². The number of nitrogens with one attached hydrogen (secondary N) is 1. The van der Waals surface area contributed by atoms with Crippen LogP contribution in [0.2, 0.25) is 0 Å². The Kier molecular flexibility index (Phi) is 6.59. The fourth-order valence-electron chi connectivity index (χ4n) is 3.08. The first-order valence-corrected chi connectivity index (χ1v) is 8.38. The van der Waals surface area contributed by atoms with E-state index < -0.39 is 41.7 Å². The Morgan fingerprint density at radius 1 is 1.26 bits per heavy atom. The summed E-state index contributed by atoms with van der Waals surface area (Å²) in [5.41, 5.74) is -0.962. The van der Waals surface area contributed by atoms with Gasteiger partial charge in [-0.1, -0.05) is 12.1 Å². The lowest BCUT2D eigenvalue weighted by Gasteiger charge is -2.29. The van der Waals surface area contributed by atoms with Gasteiger partial charge >= 0.3 is 12.1 Å². The summed E-state index contributed by atoms with van der Waals surface area (Å²) in [5.74, 6) is -2.19. The summed E-state index contributed by atoms with van der Waals surface area (Å²) < 4.78 is 42.5. The van der Waals surface area contributed by atoms with Gasteiger partial charge in [0.25, 0.3) is 5.91 Å². The van der Waals surface area contributed by atoms with Crippen LogP contribution in [0.5, 0.6) is 0 Å². The van der Waals surface area contributed by atoms with Gasteiger partial charge in [-0.15, -0.1) is 0 Å². The number of methoxy groups -OCH3 is 1. The number of aliphatic hydroxyl groups is 1. The number of esters is 1. The van der Waals surface area contributed by atoms with Gasteiger partial charge in [-0.2, -0.15) is 13.2 Å². The Morgan fingerprint density at radius 3 is 2.41 bits per heavy atom. The Bertz CT molecular complexity index is 702. The topological polar surface area (TPSA) is 92.7 Å². The number of halogens is 3. The average molecular weight is 387 g/mol. The maximum absolute atomic E-state index is 12.6. The van der Waals surface area contributed by atoms with E-state index in [-0.39, 0.29) is 17.8 Å². The Balaban J connectivity index is 2.11. The van der Waals surface area contributed by atoms with Crippen molar-refractivity contribution in [2.75, 3.05) is 7.11 Å². The fraction of sp³-hybridized carbons (Fsp3) is 0.500. The number of Topliss-reactive ketones (excluding diaryl/α,β-unsaturated/α-hetero) is 1. The maximum atomic E-state index is 12.6. The number of hydrogen-bond donors (Lipinski definition) is 2. The molecule has 27 heavy (non-hydrogen) atoms. The molecule has 0 spiro atoms. The van der Waals surface area contributed by atoms with Crippen molar-refractivity contribution >= 4 is 17.7 Å². The standard InChI is InChI=1S/C18H20F3NO5/c1-27-17(26)14(11-3-2-4-13(23)9-11)22-16(25)15(24)10-5-7-12(8-6-10)18(19,20)21/h5-8,11,14-15,24H,2-4,9H2,1H3,(H,22,25)/t11-,14+,15-/m0/s1. The smallest absolute Gasteiger partial charge is 0.416 e. The summed E-state index contributed by atoms with van der Waals surface area (Å²) in [6, 6.07) is 2.37. The number of rotatable bonds is 5. The third-order valence-corrected chi connectivity index (χ3v) is 4.55. The molecule has 9 heteroatoms. The van der Waals surface area contributed by atoms with E-state index in [0.717, 1.165) is 31.4 Å². The normalized spacial score (nSPS) is 19.9. The summed E-state index contributed by atoms with van der Waals surface area (Å²) in [6.45, 7) is 0. The van der Waals surface area contributed by atoms with Gasteiger partial charge in [0.1, 0.15) is 11.8 Å².